The molecule has 0 aliphatic carbocycles. The lowest BCUT2D eigenvalue weighted by molar-refractivity contribution is 0.251. The number of rotatable bonds is 5. The van der Waals surface area contributed by atoms with Crippen LogP contribution < -0.4 is 10.1 Å². The Hall–Kier alpha value is -3.13. The Morgan fingerprint density at radius 2 is 1.92 bits per heavy atom. The van der Waals surface area contributed by atoms with Crippen molar-refractivity contribution < 1.29 is 9.53 Å². The number of hydrogen-bond donors (Lipinski definition) is 1. The maximum Gasteiger partial charge on any atom is 0.365 e. The highest BCUT2D eigenvalue weighted by Gasteiger charge is 2.14. The summed E-state index contributed by atoms with van der Waals surface area (Å²) in [5.41, 5.74) is 2.04. The molecule has 0 unspecified atom stereocenters. The van der Waals surface area contributed by atoms with E-state index in [4.69, 9.17) is 4.74 Å². The number of carbonyl (C=O) groups is 1. The van der Waals surface area contributed by atoms with E-state index in [2.05, 4.69) is 48.3 Å². The summed E-state index contributed by atoms with van der Waals surface area (Å²) in [6.45, 7) is 4.07. The average molecular weight is 412 g/mol. The van der Waals surface area contributed by atoms with Gasteiger partial charge in [0, 0.05) is 10.0 Å². The maximum absolute atomic E-state index is 11.2. The van der Waals surface area contributed by atoms with Crippen molar-refractivity contribution in [2.45, 2.75) is 6.61 Å². The second-order valence-electron chi connectivity index (χ2n) is 5.22. The predicted molar refractivity (Wildman–Crippen MR) is 102 cm³/mol. The minimum Gasteiger partial charge on any atom is -0.488 e. The van der Waals surface area contributed by atoms with Crippen molar-refractivity contribution in [2.24, 2.45) is 20.4 Å². The van der Waals surface area contributed by atoms with E-state index in [0.717, 1.165) is 15.6 Å². The summed E-state index contributed by atoms with van der Waals surface area (Å²) < 4.78 is 6.89. The number of nitrogens with one attached hydrogen (secondary N) is 1. The molecule has 1 N–H and O–H groups in total. The van der Waals surface area contributed by atoms with Crippen LogP contribution in [0.3, 0.4) is 0 Å². The number of amides is 2. The Labute approximate surface area is 158 Å². The van der Waals surface area contributed by atoms with Crippen LogP contribution >= 0.6 is 15.9 Å². The van der Waals surface area contributed by atoms with Crippen LogP contribution in [-0.4, -0.2) is 18.1 Å². The first-order chi connectivity index (χ1) is 12.6. The molecule has 0 fully saturated rings. The molecule has 2 aromatic carbocycles. The third kappa shape index (κ3) is 4.70. The molecule has 3 rings (SSSR count). The van der Waals surface area contributed by atoms with Crippen LogP contribution in [0.5, 0.6) is 5.75 Å². The van der Waals surface area contributed by atoms with E-state index in [-0.39, 0.29) is 11.5 Å². The Balaban J connectivity index is 1.70. The van der Waals surface area contributed by atoms with Crippen molar-refractivity contribution in [1.29, 1.82) is 0 Å². The topological polar surface area (TPSA) is 87.8 Å². The summed E-state index contributed by atoms with van der Waals surface area (Å²) in [7, 11) is 0. The molecule has 0 aromatic heterocycles. The molecule has 7 nitrogen and oxygen atoms in total. The highest BCUT2D eigenvalue weighted by molar-refractivity contribution is 9.10. The second kappa shape index (κ2) is 8.30. The molecule has 130 valence electrons. The highest BCUT2D eigenvalue weighted by Crippen LogP contribution is 2.18. The highest BCUT2D eigenvalue weighted by atomic mass is 79.9. The van der Waals surface area contributed by atoms with Crippen LogP contribution in [0.15, 0.2) is 85.7 Å². The first-order valence-electron chi connectivity index (χ1n) is 7.61. The van der Waals surface area contributed by atoms with Gasteiger partial charge in [-0.25, -0.2) is 4.79 Å². The Kier molecular flexibility index (Phi) is 5.65. The third-order valence-corrected chi connectivity index (χ3v) is 3.87. The molecule has 0 spiro atoms. The van der Waals surface area contributed by atoms with Gasteiger partial charge in [-0.2, -0.15) is 5.10 Å². The normalized spacial score (nSPS) is 15.5. The lowest BCUT2D eigenvalue weighted by Gasteiger charge is -2.09. The van der Waals surface area contributed by atoms with Crippen molar-refractivity contribution in [3.05, 3.63) is 76.4 Å². The predicted octanol–water partition coefficient (Wildman–Crippen LogP) is 4.45. The molecule has 0 bridgehead atoms. The van der Waals surface area contributed by atoms with E-state index >= 15 is 0 Å². The number of nitrogens with zero attached hydrogens (tertiary/aromatic N) is 4. The Morgan fingerprint density at radius 3 is 2.73 bits per heavy atom. The van der Waals surface area contributed by atoms with Gasteiger partial charge in [0.15, 0.2) is 5.84 Å². The Bertz CT molecular complexity index is 919. The van der Waals surface area contributed by atoms with Crippen molar-refractivity contribution in [3.8, 4) is 5.75 Å². The van der Waals surface area contributed by atoms with Gasteiger partial charge in [-0.15, -0.1) is 10.2 Å². The van der Waals surface area contributed by atoms with Crippen molar-refractivity contribution in [1.82, 2.24) is 5.32 Å². The molecule has 1 heterocycles. The fourth-order valence-corrected chi connectivity index (χ4v) is 2.31. The van der Waals surface area contributed by atoms with E-state index in [9.17, 15) is 4.79 Å². The van der Waals surface area contributed by atoms with E-state index in [1.807, 2.05) is 48.5 Å². The molecule has 0 saturated carbocycles. The molecular formula is C18H14BrN5O2. The van der Waals surface area contributed by atoms with Crippen molar-refractivity contribution in [3.63, 3.8) is 0 Å². The standard InChI is InChI=1S/C18H14BrN5O2/c1-12-17(21-18(25)24-22-12)23-20-10-14-4-2-3-5-16(14)26-11-13-6-8-15(19)9-7-13/h2-10H,1,11H2,(H,21,23,25)/b20-10+. The number of ether oxygens (including phenoxy) is 1. The summed E-state index contributed by atoms with van der Waals surface area (Å²) in [4.78, 5) is 11.2. The molecule has 0 saturated heterocycles. The number of amidine groups is 1. The van der Waals surface area contributed by atoms with E-state index < -0.39 is 6.03 Å². The van der Waals surface area contributed by atoms with Gasteiger partial charge in [0.2, 0.25) is 0 Å². The van der Waals surface area contributed by atoms with Gasteiger partial charge in [0.05, 0.1) is 6.21 Å². The zero-order valence-electron chi connectivity index (χ0n) is 13.6. The number of hydrogen-bond acceptors (Lipinski definition) is 5. The number of benzene rings is 2. The molecule has 2 aromatic rings. The number of halogens is 1. The van der Waals surface area contributed by atoms with Gasteiger partial charge in [-0.1, -0.05) is 51.9 Å². The Morgan fingerprint density at radius 1 is 1.15 bits per heavy atom. The number of para-hydroxylation sites is 1. The summed E-state index contributed by atoms with van der Waals surface area (Å²) in [6.07, 6.45) is 1.54. The first kappa shape index (κ1) is 17.7. The molecule has 0 radical (unpaired) electrons. The minimum absolute atomic E-state index is 0.162. The van der Waals surface area contributed by atoms with E-state index in [1.165, 1.54) is 6.21 Å². The minimum atomic E-state index is -0.607. The van der Waals surface area contributed by atoms with Gasteiger partial charge in [0.25, 0.3) is 0 Å². The van der Waals surface area contributed by atoms with E-state index in [1.54, 1.807) is 0 Å². The second-order valence-corrected chi connectivity index (χ2v) is 6.14. The number of urea groups is 1. The van der Waals surface area contributed by atoms with Crippen molar-refractivity contribution in [2.75, 3.05) is 0 Å². The van der Waals surface area contributed by atoms with Crippen LogP contribution in [-0.2, 0) is 6.61 Å². The van der Waals surface area contributed by atoms with Crippen LogP contribution in [0, 0.1) is 0 Å². The lowest BCUT2D eigenvalue weighted by atomic mass is 10.2. The number of azo groups is 1. The molecule has 1 aliphatic heterocycles. The van der Waals surface area contributed by atoms with Crippen LogP contribution in [0.2, 0.25) is 0 Å². The largest absolute Gasteiger partial charge is 0.488 e. The molecule has 26 heavy (non-hydrogen) atoms. The van der Waals surface area contributed by atoms with Gasteiger partial charge in [-0.05, 0) is 29.8 Å². The molecule has 0 atom stereocenters. The average Bonchev–Trinajstić information content (AvgIpc) is 2.65. The van der Waals surface area contributed by atoms with Gasteiger partial charge < -0.3 is 4.74 Å². The smallest absolute Gasteiger partial charge is 0.365 e. The molecular weight excluding hydrogens is 398 g/mol. The van der Waals surface area contributed by atoms with Crippen LogP contribution in [0.25, 0.3) is 0 Å². The molecule has 1 aliphatic rings. The maximum atomic E-state index is 11.2. The SMILES string of the molecule is C=C1N=NC(=O)N/C1=N/N=C/c1ccccc1OCc1ccc(Br)cc1. The summed E-state index contributed by atoms with van der Waals surface area (Å²) in [5, 5.41) is 17.2. The summed E-state index contributed by atoms with van der Waals surface area (Å²) in [6, 6.07) is 14.7. The number of carbonyl (C=O) groups excluding carboxylic acids is 1. The van der Waals surface area contributed by atoms with Gasteiger partial charge in [-0.3, -0.25) is 5.32 Å². The van der Waals surface area contributed by atoms with Crippen molar-refractivity contribution >= 4 is 34.0 Å². The van der Waals surface area contributed by atoms with E-state index in [0.29, 0.717) is 12.4 Å². The van der Waals surface area contributed by atoms with Gasteiger partial charge >= 0.3 is 6.03 Å². The van der Waals surface area contributed by atoms with Crippen LogP contribution in [0.4, 0.5) is 4.79 Å². The molecule has 8 heteroatoms. The fraction of sp³-hybridized carbons (Fsp3) is 0.0556. The summed E-state index contributed by atoms with van der Waals surface area (Å²) >= 11 is 3.41. The van der Waals surface area contributed by atoms with Gasteiger partial charge in [0.1, 0.15) is 18.1 Å². The monoisotopic (exact) mass is 411 g/mol. The molecule has 2 amide bonds. The quantitative estimate of drug-likeness (QED) is 0.581. The van der Waals surface area contributed by atoms with Crippen LogP contribution in [0.1, 0.15) is 11.1 Å². The third-order valence-electron chi connectivity index (χ3n) is 3.34. The lowest BCUT2D eigenvalue weighted by Crippen LogP contribution is -2.31. The fourth-order valence-electron chi connectivity index (χ4n) is 2.04. The summed E-state index contributed by atoms with van der Waals surface area (Å²) in [5.74, 6) is 0.833. The first-order valence-corrected chi connectivity index (χ1v) is 8.40. The zero-order chi connectivity index (χ0) is 18.4. The zero-order valence-corrected chi connectivity index (χ0v) is 15.2.